The second kappa shape index (κ2) is 6.02. The van der Waals surface area contributed by atoms with Crippen molar-refractivity contribution in [2.75, 3.05) is 18.6 Å². The third-order valence-electron chi connectivity index (χ3n) is 4.54. The quantitative estimate of drug-likeness (QED) is 0.567. The molecule has 1 aliphatic rings. The van der Waals surface area contributed by atoms with Gasteiger partial charge < -0.3 is 14.8 Å². The lowest BCUT2D eigenvalue weighted by molar-refractivity contribution is -0.114. The molecule has 3 aromatic rings. The van der Waals surface area contributed by atoms with E-state index in [0.717, 1.165) is 34.5 Å². The highest BCUT2D eigenvalue weighted by Gasteiger charge is 2.28. The molecule has 4 rings (SSSR count). The van der Waals surface area contributed by atoms with E-state index in [-0.39, 0.29) is 11.7 Å². The average Bonchev–Trinajstić information content (AvgIpc) is 3.21. The molecule has 5 nitrogen and oxygen atoms in total. The van der Waals surface area contributed by atoms with Gasteiger partial charge in [-0.2, -0.15) is 0 Å². The maximum atomic E-state index is 12.6. The van der Waals surface area contributed by atoms with Crippen LogP contribution in [-0.4, -0.2) is 29.7 Å². The van der Waals surface area contributed by atoms with Gasteiger partial charge in [0.25, 0.3) is 5.91 Å². The highest BCUT2D eigenvalue weighted by Crippen LogP contribution is 2.36. The molecule has 2 heterocycles. The van der Waals surface area contributed by atoms with Crippen LogP contribution in [0.1, 0.15) is 11.1 Å². The number of carbonyl (C=O) groups is 1. The Morgan fingerprint density at radius 3 is 2.80 bits per heavy atom. The first-order valence-electron chi connectivity index (χ1n) is 8.13. The first-order chi connectivity index (χ1) is 12.2. The molecule has 126 valence electrons. The summed E-state index contributed by atoms with van der Waals surface area (Å²) in [6.07, 6.45) is 2.05. The first-order valence-corrected chi connectivity index (χ1v) is 8.13. The Morgan fingerprint density at radius 2 is 2.04 bits per heavy atom. The number of amides is 1. The number of fused-ring (bicyclic) bond motifs is 3. The third kappa shape index (κ3) is 2.63. The predicted octanol–water partition coefficient (Wildman–Crippen LogP) is 3.66. The number of anilines is 1. The lowest BCUT2D eigenvalue weighted by Gasteiger charge is -2.13. The van der Waals surface area contributed by atoms with Gasteiger partial charge in [0.2, 0.25) is 0 Å². The van der Waals surface area contributed by atoms with Gasteiger partial charge in [-0.15, -0.1) is 0 Å². The van der Waals surface area contributed by atoms with Crippen LogP contribution in [0.2, 0.25) is 0 Å². The van der Waals surface area contributed by atoms with Crippen LogP contribution in [0.15, 0.2) is 54.6 Å². The van der Waals surface area contributed by atoms with Gasteiger partial charge >= 0.3 is 0 Å². The summed E-state index contributed by atoms with van der Waals surface area (Å²) in [5, 5.41) is 11.3. The second-order valence-corrected chi connectivity index (χ2v) is 6.00. The van der Waals surface area contributed by atoms with E-state index in [4.69, 9.17) is 4.74 Å². The van der Waals surface area contributed by atoms with E-state index in [0.29, 0.717) is 12.1 Å². The van der Waals surface area contributed by atoms with Crippen molar-refractivity contribution >= 4 is 28.4 Å². The number of hydrogen-bond acceptors (Lipinski definition) is 3. The summed E-state index contributed by atoms with van der Waals surface area (Å²) in [6.45, 7) is 0.589. The monoisotopic (exact) mass is 334 g/mol. The van der Waals surface area contributed by atoms with Crippen molar-refractivity contribution in [1.29, 1.82) is 0 Å². The SMILES string of the molecule is COc1ccc2[nH]c3c(c2c1)CCN3C(=O)/C=C(\O)c1ccccc1. The largest absolute Gasteiger partial charge is 0.507 e. The highest BCUT2D eigenvalue weighted by atomic mass is 16.5. The molecule has 2 N–H and O–H groups in total. The number of aliphatic hydroxyl groups is 1. The number of H-pyrrole nitrogens is 1. The Hall–Kier alpha value is -3.21. The lowest BCUT2D eigenvalue weighted by atomic mass is 10.1. The molecule has 0 fully saturated rings. The molecular weight excluding hydrogens is 316 g/mol. The number of nitrogens with one attached hydrogen (secondary N) is 1. The number of aliphatic hydroxyl groups excluding tert-OH is 1. The number of rotatable bonds is 3. The molecule has 0 spiro atoms. The van der Waals surface area contributed by atoms with E-state index in [1.807, 2.05) is 36.4 Å². The summed E-state index contributed by atoms with van der Waals surface area (Å²) in [4.78, 5) is 17.6. The molecule has 0 atom stereocenters. The van der Waals surface area contributed by atoms with Crippen LogP contribution in [0.3, 0.4) is 0 Å². The fourth-order valence-electron chi connectivity index (χ4n) is 3.27. The highest BCUT2D eigenvalue weighted by molar-refractivity contribution is 6.08. The molecule has 5 heteroatoms. The Balaban J connectivity index is 1.67. The number of benzene rings is 2. The zero-order valence-electron chi connectivity index (χ0n) is 13.8. The van der Waals surface area contributed by atoms with E-state index in [9.17, 15) is 9.90 Å². The lowest BCUT2D eigenvalue weighted by Crippen LogP contribution is -2.27. The van der Waals surface area contributed by atoms with Crippen molar-refractivity contribution in [3.8, 4) is 5.75 Å². The van der Waals surface area contributed by atoms with E-state index in [1.54, 1.807) is 24.1 Å². The maximum absolute atomic E-state index is 12.6. The number of carbonyl (C=O) groups excluding carboxylic acids is 1. The number of hydrogen-bond donors (Lipinski definition) is 2. The van der Waals surface area contributed by atoms with Crippen LogP contribution < -0.4 is 9.64 Å². The Bertz CT molecular complexity index is 973. The zero-order valence-corrected chi connectivity index (χ0v) is 13.8. The van der Waals surface area contributed by atoms with Gasteiger partial charge in [0.15, 0.2) is 0 Å². The maximum Gasteiger partial charge on any atom is 0.255 e. The summed E-state index contributed by atoms with van der Waals surface area (Å²) in [5.74, 6) is 1.32. The van der Waals surface area contributed by atoms with Crippen molar-refractivity contribution in [2.24, 2.45) is 0 Å². The summed E-state index contributed by atoms with van der Waals surface area (Å²) < 4.78 is 5.29. The minimum atomic E-state index is -0.237. The average molecular weight is 334 g/mol. The van der Waals surface area contributed by atoms with Crippen LogP contribution in [0, 0.1) is 0 Å². The van der Waals surface area contributed by atoms with E-state index < -0.39 is 0 Å². The summed E-state index contributed by atoms with van der Waals surface area (Å²) in [5.41, 5.74) is 2.70. The molecule has 25 heavy (non-hydrogen) atoms. The van der Waals surface area contributed by atoms with Gasteiger partial charge in [-0.1, -0.05) is 30.3 Å². The second-order valence-electron chi connectivity index (χ2n) is 6.00. The molecule has 0 radical (unpaired) electrons. The van der Waals surface area contributed by atoms with Crippen LogP contribution in [0.4, 0.5) is 5.82 Å². The fraction of sp³-hybridized carbons (Fsp3) is 0.150. The van der Waals surface area contributed by atoms with Crippen molar-refractivity contribution in [3.63, 3.8) is 0 Å². The van der Waals surface area contributed by atoms with Gasteiger partial charge in [0, 0.05) is 34.7 Å². The molecular formula is C20H18N2O3. The molecule has 1 amide bonds. The zero-order chi connectivity index (χ0) is 17.4. The minimum absolute atomic E-state index is 0.0307. The van der Waals surface area contributed by atoms with E-state index in [1.165, 1.54) is 6.08 Å². The van der Waals surface area contributed by atoms with Crippen molar-refractivity contribution < 1.29 is 14.6 Å². The van der Waals surface area contributed by atoms with Crippen molar-refractivity contribution in [3.05, 3.63) is 65.7 Å². The third-order valence-corrected chi connectivity index (χ3v) is 4.54. The number of methoxy groups -OCH3 is 1. The fourth-order valence-corrected chi connectivity index (χ4v) is 3.27. The first kappa shape index (κ1) is 15.3. The Labute approximate surface area is 145 Å². The van der Waals surface area contributed by atoms with Crippen LogP contribution in [-0.2, 0) is 11.2 Å². The van der Waals surface area contributed by atoms with Crippen LogP contribution in [0.5, 0.6) is 5.75 Å². The minimum Gasteiger partial charge on any atom is -0.507 e. The van der Waals surface area contributed by atoms with E-state index in [2.05, 4.69) is 4.98 Å². The molecule has 0 aliphatic carbocycles. The summed E-state index contributed by atoms with van der Waals surface area (Å²) in [6, 6.07) is 14.9. The van der Waals surface area contributed by atoms with Gasteiger partial charge in [-0.05, 0) is 24.6 Å². The predicted molar refractivity (Wildman–Crippen MR) is 98.0 cm³/mol. The molecule has 0 bridgehead atoms. The van der Waals surface area contributed by atoms with Gasteiger partial charge in [-0.25, -0.2) is 0 Å². The number of aromatic amines is 1. The normalized spacial score (nSPS) is 14.0. The Kier molecular flexibility index (Phi) is 3.69. The van der Waals surface area contributed by atoms with Gasteiger partial charge in [-0.3, -0.25) is 9.69 Å². The molecule has 1 aromatic heterocycles. The van der Waals surface area contributed by atoms with Gasteiger partial charge in [0.05, 0.1) is 7.11 Å². The summed E-state index contributed by atoms with van der Waals surface area (Å²) in [7, 11) is 1.64. The van der Waals surface area contributed by atoms with Crippen LogP contribution in [0.25, 0.3) is 16.7 Å². The van der Waals surface area contributed by atoms with Crippen LogP contribution >= 0.6 is 0 Å². The number of ether oxygens (including phenoxy) is 1. The molecule has 1 aliphatic heterocycles. The molecule has 0 saturated carbocycles. The van der Waals surface area contributed by atoms with Crippen molar-refractivity contribution in [2.45, 2.75) is 6.42 Å². The molecule has 0 saturated heterocycles. The number of aromatic nitrogens is 1. The Morgan fingerprint density at radius 1 is 1.24 bits per heavy atom. The number of nitrogens with zero attached hydrogens (tertiary/aromatic N) is 1. The topological polar surface area (TPSA) is 65.6 Å². The molecule has 0 unspecified atom stereocenters. The van der Waals surface area contributed by atoms with Gasteiger partial charge in [0.1, 0.15) is 17.3 Å². The molecule has 2 aromatic carbocycles. The van der Waals surface area contributed by atoms with E-state index >= 15 is 0 Å². The van der Waals surface area contributed by atoms with Crippen molar-refractivity contribution in [1.82, 2.24) is 4.98 Å². The smallest absolute Gasteiger partial charge is 0.255 e. The standard InChI is InChI=1S/C20H18N2O3/c1-25-14-7-8-17-16(11-14)15-9-10-22(20(15)21-17)19(24)12-18(23)13-5-3-2-4-6-13/h2-8,11-12,21,23H,9-10H2,1H3/b18-12-. The summed E-state index contributed by atoms with van der Waals surface area (Å²) >= 11 is 0.